The highest BCUT2D eigenvalue weighted by Gasteiger charge is 2.11. The Balaban J connectivity index is 2.07. The zero-order chi connectivity index (χ0) is 9.10. The molecule has 13 heavy (non-hydrogen) atoms. The van der Waals surface area contributed by atoms with E-state index in [9.17, 15) is 0 Å². The van der Waals surface area contributed by atoms with Gasteiger partial charge in [-0.3, -0.25) is 0 Å². The van der Waals surface area contributed by atoms with Crippen molar-refractivity contribution in [1.29, 1.82) is 0 Å². The molecule has 2 nitrogen and oxygen atoms in total. The maximum absolute atomic E-state index is 4.62. The summed E-state index contributed by atoms with van der Waals surface area (Å²) in [6, 6.07) is 0. The monoisotopic (exact) mass is 196 g/mol. The molecule has 0 bridgehead atoms. The number of imidazole rings is 1. The molecule has 0 N–H and O–H groups in total. The fraction of sp³-hybridized carbons (Fsp3) is 0.700. The molecule has 0 radical (unpaired) electrons. The Labute approximate surface area is 84.8 Å². The van der Waals surface area contributed by atoms with E-state index in [2.05, 4.69) is 28.4 Å². The molecular formula is C10H16N2S. The van der Waals surface area contributed by atoms with E-state index in [1.807, 2.05) is 0 Å². The van der Waals surface area contributed by atoms with E-state index in [0.717, 1.165) is 18.6 Å². The SMILES string of the molecule is SCCCc1cn2c(n1)CCCC2. The third-order valence-corrected chi connectivity index (χ3v) is 2.87. The van der Waals surface area contributed by atoms with Crippen LogP contribution in [0.2, 0.25) is 0 Å². The smallest absolute Gasteiger partial charge is 0.108 e. The summed E-state index contributed by atoms with van der Waals surface area (Å²) in [6.45, 7) is 1.17. The van der Waals surface area contributed by atoms with Crippen LogP contribution in [-0.4, -0.2) is 15.3 Å². The lowest BCUT2D eigenvalue weighted by Gasteiger charge is -2.11. The molecule has 72 valence electrons. The van der Waals surface area contributed by atoms with Gasteiger partial charge in [-0.2, -0.15) is 12.6 Å². The Morgan fingerprint density at radius 2 is 2.38 bits per heavy atom. The Morgan fingerprint density at radius 3 is 3.15 bits per heavy atom. The van der Waals surface area contributed by atoms with Crippen molar-refractivity contribution in [2.45, 2.75) is 38.6 Å². The Bertz CT molecular complexity index is 257. The highest BCUT2D eigenvalue weighted by atomic mass is 32.1. The quantitative estimate of drug-likeness (QED) is 0.733. The second-order valence-electron chi connectivity index (χ2n) is 3.63. The molecule has 0 atom stereocenters. The topological polar surface area (TPSA) is 17.8 Å². The van der Waals surface area contributed by atoms with Crippen LogP contribution in [0.4, 0.5) is 0 Å². The number of thiol groups is 1. The first-order chi connectivity index (χ1) is 6.40. The van der Waals surface area contributed by atoms with Gasteiger partial charge >= 0.3 is 0 Å². The van der Waals surface area contributed by atoms with Crippen LogP contribution in [0.3, 0.4) is 0 Å². The van der Waals surface area contributed by atoms with Crippen molar-refractivity contribution in [3.63, 3.8) is 0 Å². The minimum atomic E-state index is 0.961. The van der Waals surface area contributed by atoms with E-state index in [4.69, 9.17) is 0 Å². The van der Waals surface area contributed by atoms with Crippen LogP contribution in [0.15, 0.2) is 6.20 Å². The first kappa shape index (κ1) is 9.13. The van der Waals surface area contributed by atoms with E-state index in [1.54, 1.807) is 0 Å². The van der Waals surface area contributed by atoms with Crippen molar-refractivity contribution in [3.8, 4) is 0 Å². The average Bonchev–Trinajstić information content (AvgIpc) is 2.57. The number of fused-ring (bicyclic) bond motifs is 1. The molecule has 1 aromatic heterocycles. The Kier molecular flexibility index (Phi) is 2.94. The van der Waals surface area contributed by atoms with Crippen LogP contribution in [0, 0.1) is 0 Å². The van der Waals surface area contributed by atoms with Crippen LogP contribution in [0.25, 0.3) is 0 Å². The minimum Gasteiger partial charge on any atom is -0.335 e. The second kappa shape index (κ2) is 4.18. The van der Waals surface area contributed by atoms with Gasteiger partial charge in [0.05, 0.1) is 5.69 Å². The highest BCUT2D eigenvalue weighted by molar-refractivity contribution is 7.80. The Morgan fingerprint density at radius 1 is 1.46 bits per heavy atom. The van der Waals surface area contributed by atoms with Crippen molar-refractivity contribution in [2.24, 2.45) is 0 Å². The normalized spacial score (nSPS) is 15.8. The molecule has 0 saturated carbocycles. The van der Waals surface area contributed by atoms with Gasteiger partial charge in [0.15, 0.2) is 0 Å². The van der Waals surface area contributed by atoms with Crippen LogP contribution in [0.5, 0.6) is 0 Å². The number of rotatable bonds is 3. The lowest BCUT2D eigenvalue weighted by atomic mass is 10.2. The third-order valence-electron chi connectivity index (χ3n) is 2.55. The molecule has 0 fully saturated rings. The van der Waals surface area contributed by atoms with Gasteiger partial charge in [-0.1, -0.05) is 0 Å². The van der Waals surface area contributed by atoms with E-state index in [1.165, 1.54) is 37.3 Å². The first-order valence-electron chi connectivity index (χ1n) is 5.06. The van der Waals surface area contributed by atoms with E-state index >= 15 is 0 Å². The van der Waals surface area contributed by atoms with Crippen LogP contribution in [-0.2, 0) is 19.4 Å². The molecule has 1 aromatic rings. The van der Waals surface area contributed by atoms with E-state index in [0.29, 0.717) is 0 Å². The molecule has 3 heteroatoms. The predicted octanol–water partition coefficient (Wildman–Crippen LogP) is 2.08. The molecule has 0 aliphatic carbocycles. The summed E-state index contributed by atoms with van der Waals surface area (Å²) in [5.41, 5.74) is 1.26. The highest BCUT2D eigenvalue weighted by Crippen LogP contribution is 2.15. The Hall–Kier alpha value is -0.440. The maximum Gasteiger partial charge on any atom is 0.108 e. The zero-order valence-electron chi connectivity index (χ0n) is 7.87. The lowest BCUT2D eigenvalue weighted by Crippen LogP contribution is -2.08. The number of hydrogen-bond donors (Lipinski definition) is 1. The molecule has 0 aromatic carbocycles. The second-order valence-corrected chi connectivity index (χ2v) is 4.07. The summed E-state index contributed by atoms with van der Waals surface area (Å²) in [5.74, 6) is 2.25. The van der Waals surface area contributed by atoms with Crippen molar-refractivity contribution in [3.05, 3.63) is 17.7 Å². The minimum absolute atomic E-state index is 0.961. The zero-order valence-corrected chi connectivity index (χ0v) is 8.76. The van der Waals surface area contributed by atoms with Crippen LogP contribution in [0.1, 0.15) is 30.8 Å². The van der Waals surface area contributed by atoms with Gasteiger partial charge in [-0.05, 0) is 31.4 Å². The van der Waals surface area contributed by atoms with Gasteiger partial charge in [0.2, 0.25) is 0 Å². The third kappa shape index (κ3) is 2.08. The summed E-state index contributed by atoms with van der Waals surface area (Å²) >= 11 is 4.21. The average molecular weight is 196 g/mol. The largest absolute Gasteiger partial charge is 0.335 e. The molecule has 2 heterocycles. The van der Waals surface area contributed by atoms with Gasteiger partial charge in [0, 0.05) is 19.2 Å². The van der Waals surface area contributed by atoms with Gasteiger partial charge in [0.1, 0.15) is 5.82 Å². The molecule has 0 amide bonds. The summed E-state index contributed by atoms with van der Waals surface area (Å²) in [7, 11) is 0. The number of nitrogens with zero attached hydrogens (tertiary/aromatic N) is 2. The van der Waals surface area contributed by atoms with Crippen molar-refractivity contribution in [2.75, 3.05) is 5.75 Å². The van der Waals surface area contributed by atoms with E-state index < -0.39 is 0 Å². The maximum atomic E-state index is 4.62. The van der Waals surface area contributed by atoms with E-state index in [-0.39, 0.29) is 0 Å². The van der Waals surface area contributed by atoms with Crippen molar-refractivity contribution < 1.29 is 0 Å². The molecular weight excluding hydrogens is 180 g/mol. The van der Waals surface area contributed by atoms with Crippen LogP contribution < -0.4 is 0 Å². The van der Waals surface area contributed by atoms with Crippen LogP contribution >= 0.6 is 12.6 Å². The molecule has 0 saturated heterocycles. The fourth-order valence-corrected chi connectivity index (χ4v) is 2.01. The molecule has 1 aliphatic heterocycles. The van der Waals surface area contributed by atoms with Gasteiger partial charge < -0.3 is 4.57 Å². The predicted molar refractivity (Wildman–Crippen MR) is 57.3 cm³/mol. The standard InChI is InChI=1S/C10H16N2S/c13-7-3-4-9-8-12-6-2-1-5-10(12)11-9/h8,13H,1-7H2. The molecule has 0 spiro atoms. The summed E-state index contributed by atoms with van der Waals surface area (Å²) in [5, 5.41) is 0. The van der Waals surface area contributed by atoms with Gasteiger partial charge in [-0.15, -0.1) is 0 Å². The van der Waals surface area contributed by atoms with Gasteiger partial charge in [-0.25, -0.2) is 4.98 Å². The number of aromatic nitrogens is 2. The summed E-state index contributed by atoms with van der Waals surface area (Å²) < 4.78 is 2.32. The summed E-state index contributed by atoms with van der Waals surface area (Å²) in [4.78, 5) is 4.62. The van der Waals surface area contributed by atoms with Gasteiger partial charge in [0.25, 0.3) is 0 Å². The van der Waals surface area contributed by atoms with Crippen molar-refractivity contribution >= 4 is 12.6 Å². The summed E-state index contributed by atoms with van der Waals surface area (Å²) in [6.07, 6.45) is 8.24. The lowest BCUT2D eigenvalue weighted by molar-refractivity contribution is 0.522. The fourth-order valence-electron chi connectivity index (χ4n) is 1.85. The number of aryl methyl sites for hydroxylation is 3. The number of hydrogen-bond acceptors (Lipinski definition) is 2. The first-order valence-corrected chi connectivity index (χ1v) is 5.69. The molecule has 0 unspecified atom stereocenters. The molecule has 2 rings (SSSR count). The van der Waals surface area contributed by atoms with Crippen molar-refractivity contribution in [1.82, 2.24) is 9.55 Å². The molecule has 1 aliphatic rings.